The van der Waals surface area contributed by atoms with Gasteiger partial charge in [0, 0.05) is 45.4 Å². The fraction of sp³-hybridized carbons (Fsp3) is 0.381. The fourth-order valence-electron chi connectivity index (χ4n) is 3.23. The number of aryl methyl sites for hydroxylation is 1. The summed E-state index contributed by atoms with van der Waals surface area (Å²) < 4.78 is 5.11. The van der Waals surface area contributed by atoms with Gasteiger partial charge in [0.1, 0.15) is 0 Å². The summed E-state index contributed by atoms with van der Waals surface area (Å²) in [6.45, 7) is 7.09. The van der Waals surface area contributed by atoms with Gasteiger partial charge in [0.25, 0.3) is 5.91 Å². The molecule has 1 aliphatic heterocycles. The summed E-state index contributed by atoms with van der Waals surface area (Å²) >= 11 is 0. The van der Waals surface area contributed by atoms with Crippen LogP contribution in [0, 0.1) is 6.92 Å². The van der Waals surface area contributed by atoms with Crippen molar-refractivity contribution in [2.24, 2.45) is 0 Å². The zero-order valence-corrected chi connectivity index (χ0v) is 15.1. The predicted octanol–water partition coefficient (Wildman–Crippen LogP) is 3.10. The lowest BCUT2D eigenvalue weighted by molar-refractivity contribution is 0.0628. The molecule has 0 atom stereocenters. The van der Waals surface area contributed by atoms with Crippen LogP contribution in [0.3, 0.4) is 0 Å². The van der Waals surface area contributed by atoms with Crippen LogP contribution in [0.1, 0.15) is 27.0 Å². The molecule has 1 fully saturated rings. The van der Waals surface area contributed by atoms with Crippen molar-refractivity contribution >= 4 is 5.91 Å². The number of nitrogens with zero attached hydrogens (tertiary/aromatic N) is 2. The maximum Gasteiger partial charge on any atom is 0.253 e. The molecule has 0 aromatic heterocycles. The van der Waals surface area contributed by atoms with Gasteiger partial charge in [-0.2, -0.15) is 0 Å². The van der Waals surface area contributed by atoms with E-state index in [0.29, 0.717) is 6.61 Å². The third-order valence-electron chi connectivity index (χ3n) is 4.83. The lowest BCUT2D eigenvalue weighted by Crippen LogP contribution is -2.48. The summed E-state index contributed by atoms with van der Waals surface area (Å²) in [6.07, 6.45) is 0. The van der Waals surface area contributed by atoms with E-state index < -0.39 is 0 Å². The summed E-state index contributed by atoms with van der Waals surface area (Å²) in [5.74, 6) is 0.125. The Labute approximate surface area is 150 Å². The molecule has 1 amide bonds. The number of hydrogen-bond acceptors (Lipinski definition) is 3. The molecule has 4 nitrogen and oxygen atoms in total. The van der Waals surface area contributed by atoms with Crippen molar-refractivity contribution in [2.75, 3.05) is 33.3 Å². The highest BCUT2D eigenvalue weighted by Crippen LogP contribution is 2.14. The van der Waals surface area contributed by atoms with Crippen LogP contribution in [-0.4, -0.2) is 49.0 Å². The molecule has 1 saturated heterocycles. The van der Waals surface area contributed by atoms with E-state index in [9.17, 15) is 4.79 Å². The van der Waals surface area contributed by atoms with Gasteiger partial charge in [0.15, 0.2) is 0 Å². The quantitative estimate of drug-likeness (QED) is 0.840. The first-order chi connectivity index (χ1) is 12.2. The largest absolute Gasteiger partial charge is 0.380 e. The van der Waals surface area contributed by atoms with Crippen molar-refractivity contribution < 1.29 is 9.53 Å². The van der Waals surface area contributed by atoms with E-state index in [-0.39, 0.29) is 5.91 Å². The van der Waals surface area contributed by atoms with Crippen molar-refractivity contribution in [3.63, 3.8) is 0 Å². The molecule has 1 heterocycles. The fourth-order valence-corrected chi connectivity index (χ4v) is 3.23. The van der Waals surface area contributed by atoms with Crippen LogP contribution in [0.2, 0.25) is 0 Å². The molecule has 132 valence electrons. The minimum atomic E-state index is 0.125. The zero-order chi connectivity index (χ0) is 17.6. The lowest BCUT2D eigenvalue weighted by Gasteiger charge is -2.35. The summed E-state index contributed by atoms with van der Waals surface area (Å²) in [7, 11) is 1.68. The number of rotatable bonds is 5. The van der Waals surface area contributed by atoms with Gasteiger partial charge in [-0.1, -0.05) is 36.4 Å². The predicted molar refractivity (Wildman–Crippen MR) is 99.5 cm³/mol. The molecule has 0 radical (unpaired) electrons. The monoisotopic (exact) mass is 338 g/mol. The smallest absolute Gasteiger partial charge is 0.253 e. The first-order valence-electron chi connectivity index (χ1n) is 8.81. The van der Waals surface area contributed by atoms with Crippen molar-refractivity contribution in [3.05, 3.63) is 70.8 Å². The molecule has 0 saturated carbocycles. The lowest BCUT2D eigenvalue weighted by atomic mass is 10.1. The number of benzene rings is 2. The van der Waals surface area contributed by atoms with Crippen molar-refractivity contribution in [1.82, 2.24) is 9.80 Å². The first kappa shape index (κ1) is 17.6. The first-order valence-corrected chi connectivity index (χ1v) is 8.81. The van der Waals surface area contributed by atoms with Crippen LogP contribution < -0.4 is 0 Å². The molecule has 2 aromatic carbocycles. The van der Waals surface area contributed by atoms with Crippen molar-refractivity contribution in [1.29, 1.82) is 0 Å². The molecule has 2 aromatic rings. The standard InChI is InChI=1S/C21H26N2O2/c1-17-5-3-4-6-20(17)15-22-11-13-23(14-12-22)21(24)19-9-7-18(8-10-19)16-25-2/h3-10H,11-16H2,1-2H3. The maximum atomic E-state index is 12.7. The van der Waals surface area contributed by atoms with Crippen LogP contribution in [0.15, 0.2) is 48.5 Å². The second-order valence-electron chi connectivity index (χ2n) is 6.62. The molecule has 0 unspecified atom stereocenters. The maximum absolute atomic E-state index is 12.7. The highest BCUT2D eigenvalue weighted by molar-refractivity contribution is 5.94. The van der Waals surface area contributed by atoms with Gasteiger partial charge in [0.2, 0.25) is 0 Å². The molecule has 1 aliphatic rings. The molecule has 0 N–H and O–H groups in total. The number of hydrogen-bond donors (Lipinski definition) is 0. The number of carbonyl (C=O) groups is 1. The average molecular weight is 338 g/mol. The summed E-state index contributed by atoms with van der Waals surface area (Å²) in [5, 5.41) is 0. The molecule has 25 heavy (non-hydrogen) atoms. The van der Waals surface area contributed by atoms with E-state index in [2.05, 4.69) is 36.1 Å². The highest BCUT2D eigenvalue weighted by Gasteiger charge is 2.22. The minimum Gasteiger partial charge on any atom is -0.380 e. The molecule has 4 heteroatoms. The summed E-state index contributed by atoms with van der Waals surface area (Å²) in [6, 6.07) is 16.2. The van der Waals surface area contributed by atoms with Crippen LogP contribution in [0.25, 0.3) is 0 Å². The second-order valence-corrected chi connectivity index (χ2v) is 6.62. The summed E-state index contributed by atoms with van der Waals surface area (Å²) in [5.41, 5.74) is 4.54. The SMILES string of the molecule is COCc1ccc(C(=O)N2CCN(Cc3ccccc3C)CC2)cc1. The van der Waals surface area contributed by atoms with Gasteiger partial charge in [-0.05, 0) is 35.7 Å². The van der Waals surface area contributed by atoms with Gasteiger partial charge >= 0.3 is 0 Å². The Kier molecular flexibility index (Phi) is 5.84. The van der Waals surface area contributed by atoms with Gasteiger partial charge in [0.05, 0.1) is 6.61 Å². The van der Waals surface area contributed by atoms with E-state index in [1.54, 1.807) is 7.11 Å². The third-order valence-corrected chi connectivity index (χ3v) is 4.83. The number of ether oxygens (including phenoxy) is 1. The molecule has 0 bridgehead atoms. The van der Waals surface area contributed by atoms with E-state index in [4.69, 9.17) is 4.74 Å². The van der Waals surface area contributed by atoms with Crippen LogP contribution >= 0.6 is 0 Å². The Morgan fingerprint density at radius 1 is 1.00 bits per heavy atom. The number of methoxy groups -OCH3 is 1. The number of amides is 1. The highest BCUT2D eigenvalue weighted by atomic mass is 16.5. The van der Waals surface area contributed by atoms with Crippen LogP contribution in [0.4, 0.5) is 0 Å². The molecule has 0 spiro atoms. The number of piperazine rings is 1. The van der Waals surface area contributed by atoms with Crippen molar-refractivity contribution in [2.45, 2.75) is 20.1 Å². The van der Waals surface area contributed by atoms with Gasteiger partial charge in [-0.3, -0.25) is 9.69 Å². The Hall–Kier alpha value is -2.17. The summed E-state index contributed by atoms with van der Waals surface area (Å²) in [4.78, 5) is 17.0. The van der Waals surface area contributed by atoms with Gasteiger partial charge in [-0.25, -0.2) is 0 Å². The zero-order valence-electron chi connectivity index (χ0n) is 15.1. The molecular formula is C21H26N2O2. The molecular weight excluding hydrogens is 312 g/mol. The van der Waals surface area contributed by atoms with Crippen LogP contribution in [0.5, 0.6) is 0 Å². The minimum absolute atomic E-state index is 0.125. The Morgan fingerprint density at radius 3 is 2.32 bits per heavy atom. The number of carbonyl (C=O) groups excluding carboxylic acids is 1. The average Bonchev–Trinajstić information content (AvgIpc) is 2.65. The van der Waals surface area contributed by atoms with E-state index in [1.807, 2.05) is 29.2 Å². The van der Waals surface area contributed by atoms with Gasteiger partial charge < -0.3 is 9.64 Å². The van der Waals surface area contributed by atoms with E-state index in [0.717, 1.165) is 43.9 Å². The van der Waals surface area contributed by atoms with E-state index in [1.165, 1.54) is 11.1 Å². The van der Waals surface area contributed by atoms with Crippen LogP contribution in [-0.2, 0) is 17.9 Å². The van der Waals surface area contributed by atoms with E-state index >= 15 is 0 Å². The second kappa shape index (κ2) is 8.28. The Morgan fingerprint density at radius 2 is 1.68 bits per heavy atom. The topological polar surface area (TPSA) is 32.8 Å². The third kappa shape index (κ3) is 4.47. The van der Waals surface area contributed by atoms with Gasteiger partial charge in [-0.15, -0.1) is 0 Å². The molecule has 0 aliphatic carbocycles. The van der Waals surface area contributed by atoms with Crippen molar-refractivity contribution in [3.8, 4) is 0 Å². The Balaban J connectivity index is 1.54. The molecule has 3 rings (SSSR count). The Bertz CT molecular complexity index is 704. The normalized spacial score (nSPS) is 15.4.